The molecule has 0 aromatic rings. The SMILES string of the molecule is CCC(C)CCCOC(CC)CC. The van der Waals surface area contributed by atoms with Gasteiger partial charge in [-0.1, -0.05) is 34.1 Å². The van der Waals surface area contributed by atoms with Crippen molar-refractivity contribution < 1.29 is 4.74 Å². The molecule has 0 saturated heterocycles. The van der Waals surface area contributed by atoms with Gasteiger partial charge in [-0.2, -0.15) is 0 Å². The number of ether oxygens (including phenoxy) is 1. The molecular weight excluding hydrogens is 160 g/mol. The van der Waals surface area contributed by atoms with Gasteiger partial charge >= 0.3 is 0 Å². The van der Waals surface area contributed by atoms with Crippen LogP contribution in [-0.4, -0.2) is 12.7 Å². The van der Waals surface area contributed by atoms with Crippen LogP contribution in [0.4, 0.5) is 0 Å². The molecule has 0 aliphatic heterocycles. The summed E-state index contributed by atoms with van der Waals surface area (Å²) >= 11 is 0. The number of rotatable bonds is 8. The zero-order valence-corrected chi connectivity index (χ0v) is 9.81. The third kappa shape index (κ3) is 7.06. The van der Waals surface area contributed by atoms with Crippen LogP contribution >= 0.6 is 0 Å². The summed E-state index contributed by atoms with van der Waals surface area (Å²) in [6.07, 6.45) is 6.64. The fourth-order valence-corrected chi connectivity index (χ4v) is 1.41. The largest absolute Gasteiger partial charge is 0.378 e. The van der Waals surface area contributed by atoms with Gasteiger partial charge in [0.25, 0.3) is 0 Å². The summed E-state index contributed by atoms with van der Waals surface area (Å²) in [7, 11) is 0. The van der Waals surface area contributed by atoms with Gasteiger partial charge in [0.2, 0.25) is 0 Å². The molecule has 0 heterocycles. The normalized spacial score (nSPS) is 13.6. The van der Waals surface area contributed by atoms with Crippen LogP contribution in [0.2, 0.25) is 0 Å². The minimum Gasteiger partial charge on any atom is -0.378 e. The van der Waals surface area contributed by atoms with Gasteiger partial charge in [0.1, 0.15) is 0 Å². The Morgan fingerprint density at radius 3 is 2.08 bits per heavy atom. The van der Waals surface area contributed by atoms with E-state index in [2.05, 4.69) is 27.7 Å². The molecule has 0 radical (unpaired) electrons. The molecule has 1 atom stereocenters. The van der Waals surface area contributed by atoms with Gasteiger partial charge in [0.05, 0.1) is 6.10 Å². The second kappa shape index (κ2) is 8.55. The van der Waals surface area contributed by atoms with Crippen molar-refractivity contribution in [1.82, 2.24) is 0 Å². The summed E-state index contributed by atoms with van der Waals surface area (Å²) < 4.78 is 5.74. The van der Waals surface area contributed by atoms with E-state index in [9.17, 15) is 0 Å². The topological polar surface area (TPSA) is 9.23 Å². The van der Waals surface area contributed by atoms with Crippen LogP contribution in [0.3, 0.4) is 0 Å². The molecule has 1 unspecified atom stereocenters. The summed E-state index contributed by atoms with van der Waals surface area (Å²) in [5.41, 5.74) is 0. The Labute approximate surface area is 83.9 Å². The lowest BCUT2D eigenvalue weighted by molar-refractivity contribution is 0.0443. The van der Waals surface area contributed by atoms with Gasteiger partial charge in [0, 0.05) is 6.61 Å². The van der Waals surface area contributed by atoms with Crippen molar-refractivity contribution in [2.45, 2.75) is 65.9 Å². The lowest BCUT2D eigenvalue weighted by Crippen LogP contribution is -2.11. The van der Waals surface area contributed by atoms with Crippen molar-refractivity contribution in [1.29, 1.82) is 0 Å². The Bertz CT molecular complexity index is 97.3. The molecule has 0 fully saturated rings. The minimum absolute atomic E-state index is 0.497. The van der Waals surface area contributed by atoms with E-state index in [4.69, 9.17) is 4.74 Å². The molecule has 0 rings (SSSR count). The standard InChI is InChI=1S/C12H26O/c1-5-11(4)9-8-10-13-12(6-2)7-3/h11-12H,5-10H2,1-4H3. The lowest BCUT2D eigenvalue weighted by Gasteiger charge is -2.14. The molecule has 0 spiro atoms. The average molecular weight is 186 g/mol. The van der Waals surface area contributed by atoms with Crippen molar-refractivity contribution in [3.63, 3.8) is 0 Å². The average Bonchev–Trinajstić information content (AvgIpc) is 2.18. The third-order valence-corrected chi connectivity index (χ3v) is 2.80. The Morgan fingerprint density at radius 1 is 1.00 bits per heavy atom. The van der Waals surface area contributed by atoms with Crippen LogP contribution in [0.15, 0.2) is 0 Å². The van der Waals surface area contributed by atoms with Crippen LogP contribution in [0, 0.1) is 5.92 Å². The quantitative estimate of drug-likeness (QED) is 0.520. The Hall–Kier alpha value is -0.0400. The summed E-state index contributed by atoms with van der Waals surface area (Å²) in [4.78, 5) is 0. The lowest BCUT2D eigenvalue weighted by atomic mass is 10.0. The highest BCUT2D eigenvalue weighted by molar-refractivity contribution is 4.53. The molecule has 0 amide bonds. The van der Waals surface area contributed by atoms with Crippen LogP contribution in [0.5, 0.6) is 0 Å². The second-order valence-electron chi connectivity index (χ2n) is 3.96. The third-order valence-electron chi connectivity index (χ3n) is 2.80. The molecule has 0 saturated carbocycles. The Balaban J connectivity index is 3.23. The van der Waals surface area contributed by atoms with Gasteiger partial charge < -0.3 is 4.74 Å². The van der Waals surface area contributed by atoms with Gasteiger partial charge in [-0.3, -0.25) is 0 Å². The molecule has 0 aliphatic carbocycles. The molecule has 0 bridgehead atoms. The van der Waals surface area contributed by atoms with Gasteiger partial charge in [0.15, 0.2) is 0 Å². The van der Waals surface area contributed by atoms with Crippen LogP contribution in [0.25, 0.3) is 0 Å². The maximum absolute atomic E-state index is 5.74. The molecule has 13 heavy (non-hydrogen) atoms. The number of hydrogen-bond acceptors (Lipinski definition) is 1. The van der Waals surface area contributed by atoms with E-state index in [-0.39, 0.29) is 0 Å². The van der Waals surface area contributed by atoms with Crippen molar-refractivity contribution in [2.75, 3.05) is 6.61 Å². The highest BCUT2D eigenvalue weighted by Crippen LogP contribution is 2.10. The van der Waals surface area contributed by atoms with Crippen LogP contribution in [0.1, 0.15) is 59.8 Å². The molecule has 0 aromatic heterocycles. The minimum atomic E-state index is 0.497. The monoisotopic (exact) mass is 186 g/mol. The molecule has 80 valence electrons. The van der Waals surface area contributed by atoms with Crippen molar-refractivity contribution in [3.8, 4) is 0 Å². The maximum atomic E-state index is 5.74. The molecule has 1 heteroatoms. The molecule has 1 nitrogen and oxygen atoms in total. The van der Waals surface area contributed by atoms with Gasteiger partial charge in [-0.15, -0.1) is 0 Å². The predicted octanol–water partition coefficient (Wildman–Crippen LogP) is 4.02. The second-order valence-corrected chi connectivity index (χ2v) is 3.96. The fraction of sp³-hybridized carbons (Fsp3) is 1.00. The fourth-order valence-electron chi connectivity index (χ4n) is 1.41. The summed E-state index contributed by atoms with van der Waals surface area (Å²) in [5, 5.41) is 0. The van der Waals surface area contributed by atoms with E-state index in [1.807, 2.05) is 0 Å². The van der Waals surface area contributed by atoms with Crippen LogP contribution < -0.4 is 0 Å². The zero-order chi connectivity index (χ0) is 10.1. The highest BCUT2D eigenvalue weighted by Gasteiger charge is 2.03. The van der Waals surface area contributed by atoms with Gasteiger partial charge in [-0.05, 0) is 31.6 Å². The van der Waals surface area contributed by atoms with E-state index < -0.39 is 0 Å². The summed E-state index contributed by atoms with van der Waals surface area (Å²) in [6.45, 7) is 9.92. The summed E-state index contributed by atoms with van der Waals surface area (Å²) in [6, 6.07) is 0. The van der Waals surface area contributed by atoms with Crippen molar-refractivity contribution in [2.24, 2.45) is 5.92 Å². The summed E-state index contributed by atoms with van der Waals surface area (Å²) in [5.74, 6) is 0.866. The Kier molecular flexibility index (Phi) is 8.53. The van der Waals surface area contributed by atoms with E-state index in [0.717, 1.165) is 25.4 Å². The predicted molar refractivity (Wildman–Crippen MR) is 59.0 cm³/mol. The first-order valence-electron chi connectivity index (χ1n) is 5.86. The van der Waals surface area contributed by atoms with E-state index >= 15 is 0 Å². The molecule has 0 aromatic carbocycles. The molecule has 0 aliphatic rings. The maximum Gasteiger partial charge on any atom is 0.0569 e. The molecular formula is C12H26O. The van der Waals surface area contributed by atoms with E-state index in [0.29, 0.717) is 6.10 Å². The van der Waals surface area contributed by atoms with Crippen molar-refractivity contribution in [3.05, 3.63) is 0 Å². The Morgan fingerprint density at radius 2 is 1.62 bits per heavy atom. The molecule has 0 N–H and O–H groups in total. The number of hydrogen-bond donors (Lipinski definition) is 0. The zero-order valence-electron chi connectivity index (χ0n) is 9.81. The first-order chi connectivity index (χ1) is 6.24. The van der Waals surface area contributed by atoms with E-state index in [1.54, 1.807) is 0 Å². The smallest absolute Gasteiger partial charge is 0.0569 e. The van der Waals surface area contributed by atoms with E-state index in [1.165, 1.54) is 19.3 Å². The first kappa shape index (κ1) is 13.0. The van der Waals surface area contributed by atoms with Gasteiger partial charge in [-0.25, -0.2) is 0 Å². The van der Waals surface area contributed by atoms with Crippen molar-refractivity contribution >= 4 is 0 Å². The highest BCUT2D eigenvalue weighted by atomic mass is 16.5. The first-order valence-corrected chi connectivity index (χ1v) is 5.86. The van der Waals surface area contributed by atoms with Crippen LogP contribution in [-0.2, 0) is 4.74 Å².